The third-order valence-electron chi connectivity index (χ3n) is 2.51. The van der Waals surface area contributed by atoms with Crippen molar-refractivity contribution in [3.63, 3.8) is 0 Å². The minimum absolute atomic E-state index is 0.479. The van der Waals surface area contributed by atoms with Crippen LogP contribution in [-0.2, 0) is 6.61 Å². The van der Waals surface area contributed by atoms with E-state index in [0.29, 0.717) is 12.5 Å². The Morgan fingerprint density at radius 1 is 1.28 bits per heavy atom. The van der Waals surface area contributed by atoms with Gasteiger partial charge in [-0.15, -0.1) is 0 Å². The number of benzene rings is 1. The van der Waals surface area contributed by atoms with E-state index >= 15 is 0 Å². The normalized spacial score (nSPS) is 10.2. The van der Waals surface area contributed by atoms with Crippen molar-refractivity contribution in [1.82, 2.24) is 4.98 Å². The molecule has 0 radical (unpaired) electrons. The summed E-state index contributed by atoms with van der Waals surface area (Å²) in [6.07, 6.45) is 1.73. The second-order valence-corrected chi connectivity index (χ2v) is 4.83. The molecule has 0 saturated carbocycles. The van der Waals surface area contributed by atoms with Crippen molar-refractivity contribution >= 4 is 15.9 Å². The maximum Gasteiger partial charge on any atom is 0.216 e. The van der Waals surface area contributed by atoms with Gasteiger partial charge in [0.2, 0.25) is 5.88 Å². The van der Waals surface area contributed by atoms with Crippen LogP contribution in [0.5, 0.6) is 11.6 Å². The molecule has 4 heteroatoms. The Hall–Kier alpha value is -1.55. The van der Waals surface area contributed by atoms with Gasteiger partial charge in [-0.05, 0) is 46.6 Å². The predicted octanol–water partition coefficient (Wildman–Crippen LogP) is 3.74. The Bertz CT molecular complexity index is 543. The molecule has 18 heavy (non-hydrogen) atoms. The van der Waals surface area contributed by atoms with Crippen LogP contribution >= 0.6 is 15.9 Å². The number of hydrogen-bond donors (Lipinski definition) is 0. The molecule has 2 aromatic rings. The summed E-state index contributed by atoms with van der Waals surface area (Å²) >= 11 is 3.38. The Kier molecular flexibility index (Phi) is 4.20. The highest BCUT2D eigenvalue weighted by Gasteiger charge is 2.03. The van der Waals surface area contributed by atoms with E-state index in [-0.39, 0.29) is 0 Å². The summed E-state index contributed by atoms with van der Waals surface area (Å²) in [5, 5.41) is 0. The Labute approximate surface area is 115 Å². The van der Waals surface area contributed by atoms with Gasteiger partial charge in [-0.25, -0.2) is 4.98 Å². The summed E-state index contributed by atoms with van der Waals surface area (Å²) in [6.45, 7) is 2.45. The molecule has 0 amide bonds. The molecule has 0 saturated heterocycles. The average Bonchev–Trinajstić information content (AvgIpc) is 2.38. The minimum atomic E-state index is 0.479. The van der Waals surface area contributed by atoms with Gasteiger partial charge >= 0.3 is 0 Å². The quantitative estimate of drug-likeness (QED) is 0.862. The maximum absolute atomic E-state index is 5.69. The highest BCUT2D eigenvalue weighted by molar-refractivity contribution is 9.10. The molecule has 0 N–H and O–H groups in total. The zero-order valence-corrected chi connectivity index (χ0v) is 11.9. The smallest absolute Gasteiger partial charge is 0.216 e. The monoisotopic (exact) mass is 307 g/mol. The Morgan fingerprint density at radius 3 is 2.83 bits per heavy atom. The van der Waals surface area contributed by atoms with Crippen molar-refractivity contribution in [1.29, 1.82) is 0 Å². The molecule has 0 spiro atoms. The van der Waals surface area contributed by atoms with Crippen LogP contribution in [0, 0.1) is 6.92 Å². The van der Waals surface area contributed by atoms with Gasteiger partial charge in [0.25, 0.3) is 0 Å². The summed E-state index contributed by atoms with van der Waals surface area (Å²) in [5.41, 5.74) is 2.06. The summed E-state index contributed by atoms with van der Waals surface area (Å²) in [7, 11) is 1.65. The van der Waals surface area contributed by atoms with Crippen LogP contribution in [0.2, 0.25) is 0 Å². The summed E-state index contributed by atoms with van der Waals surface area (Å²) < 4.78 is 11.8. The standard InChI is InChI=1S/C14H14BrNO2/c1-10-6-12(15)8-16-14(10)18-9-11-4-3-5-13(7-11)17-2/h3-8H,9H2,1-2H3. The molecule has 1 aromatic heterocycles. The van der Waals surface area contributed by atoms with Crippen molar-refractivity contribution in [2.45, 2.75) is 13.5 Å². The first kappa shape index (κ1) is 12.9. The number of hydrogen-bond acceptors (Lipinski definition) is 3. The van der Waals surface area contributed by atoms with Gasteiger partial charge in [0, 0.05) is 16.2 Å². The van der Waals surface area contributed by atoms with E-state index in [2.05, 4.69) is 20.9 Å². The number of methoxy groups -OCH3 is 1. The molecule has 0 fully saturated rings. The Morgan fingerprint density at radius 2 is 2.11 bits per heavy atom. The predicted molar refractivity (Wildman–Crippen MR) is 74.0 cm³/mol. The van der Waals surface area contributed by atoms with Gasteiger partial charge in [0.1, 0.15) is 12.4 Å². The topological polar surface area (TPSA) is 31.4 Å². The van der Waals surface area contributed by atoms with Gasteiger partial charge in [0.05, 0.1) is 7.11 Å². The number of nitrogens with zero attached hydrogens (tertiary/aromatic N) is 1. The lowest BCUT2D eigenvalue weighted by Crippen LogP contribution is -1.99. The van der Waals surface area contributed by atoms with Crippen LogP contribution in [0.1, 0.15) is 11.1 Å². The number of rotatable bonds is 4. The molecule has 3 nitrogen and oxygen atoms in total. The van der Waals surface area contributed by atoms with E-state index in [0.717, 1.165) is 21.3 Å². The lowest BCUT2D eigenvalue weighted by Gasteiger charge is -2.09. The van der Waals surface area contributed by atoms with Crippen LogP contribution in [0.4, 0.5) is 0 Å². The third-order valence-corrected chi connectivity index (χ3v) is 2.94. The lowest BCUT2D eigenvalue weighted by molar-refractivity contribution is 0.290. The van der Waals surface area contributed by atoms with Gasteiger partial charge in [-0.3, -0.25) is 0 Å². The fourth-order valence-electron chi connectivity index (χ4n) is 1.59. The summed E-state index contributed by atoms with van der Waals surface area (Å²) in [6, 6.07) is 9.78. The van der Waals surface area contributed by atoms with E-state index < -0.39 is 0 Å². The van der Waals surface area contributed by atoms with E-state index in [4.69, 9.17) is 9.47 Å². The Balaban J connectivity index is 2.06. The molecule has 0 aliphatic carbocycles. The van der Waals surface area contributed by atoms with Crippen LogP contribution < -0.4 is 9.47 Å². The van der Waals surface area contributed by atoms with Crippen LogP contribution in [-0.4, -0.2) is 12.1 Å². The molecule has 94 valence electrons. The SMILES string of the molecule is COc1cccc(COc2ncc(Br)cc2C)c1. The summed E-state index contributed by atoms with van der Waals surface area (Å²) in [4.78, 5) is 4.24. The maximum atomic E-state index is 5.69. The van der Waals surface area contributed by atoms with Crippen LogP contribution in [0.25, 0.3) is 0 Å². The average molecular weight is 308 g/mol. The molecule has 0 bridgehead atoms. The van der Waals surface area contributed by atoms with Gasteiger partial charge in [0.15, 0.2) is 0 Å². The summed E-state index contributed by atoms with van der Waals surface area (Å²) in [5.74, 6) is 1.48. The zero-order chi connectivity index (χ0) is 13.0. The molecule has 0 unspecified atom stereocenters. The van der Waals surface area contributed by atoms with Gasteiger partial charge in [-0.1, -0.05) is 12.1 Å². The van der Waals surface area contributed by atoms with E-state index in [9.17, 15) is 0 Å². The first-order chi connectivity index (χ1) is 8.69. The number of pyridine rings is 1. The molecule has 0 aliphatic heterocycles. The van der Waals surface area contributed by atoms with Gasteiger partial charge in [-0.2, -0.15) is 0 Å². The second kappa shape index (κ2) is 5.87. The van der Waals surface area contributed by atoms with Crippen LogP contribution in [0.3, 0.4) is 0 Å². The van der Waals surface area contributed by atoms with E-state index in [1.807, 2.05) is 37.3 Å². The molecule has 0 aliphatic rings. The number of ether oxygens (including phenoxy) is 2. The first-order valence-corrected chi connectivity index (χ1v) is 6.36. The van der Waals surface area contributed by atoms with Gasteiger partial charge < -0.3 is 9.47 Å². The molecule has 1 heterocycles. The van der Waals surface area contributed by atoms with Crippen molar-refractivity contribution in [2.24, 2.45) is 0 Å². The van der Waals surface area contributed by atoms with E-state index in [1.54, 1.807) is 13.3 Å². The number of halogens is 1. The van der Waals surface area contributed by atoms with Crippen molar-refractivity contribution in [2.75, 3.05) is 7.11 Å². The number of aryl methyl sites for hydroxylation is 1. The van der Waals surface area contributed by atoms with Crippen LogP contribution in [0.15, 0.2) is 41.0 Å². The fourth-order valence-corrected chi connectivity index (χ4v) is 2.04. The molecule has 2 rings (SSSR count). The lowest BCUT2D eigenvalue weighted by atomic mass is 10.2. The fraction of sp³-hybridized carbons (Fsp3) is 0.214. The van der Waals surface area contributed by atoms with Crippen molar-refractivity contribution in [3.05, 3.63) is 52.1 Å². The second-order valence-electron chi connectivity index (χ2n) is 3.92. The van der Waals surface area contributed by atoms with Crippen molar-refractivity contribution in [3.8, 4) is 11.6 Å². The molecular weight excluding hydrogens is 294 g/mol. The third kappa shape index (κ3) is 3.23. The molecule has 0 atom stereocenters. The zero-order valence-electron chi connectivity index (χ0n) is 10.3. The van der Waals surface area contributed by atoms with E-state index in [1.165, 1.54) is 0 Å². The molecular formula is C14H14BrNO2. The minimum Gasteiger partial charge on any atom is -0.497 e. The first-order valence-electron chi connectivity index (χ1n) is 5.57. The largest absolute Gasteiger partial charge is 0.497 e. The highest BCUT2D eigenvalue weighted by atomic mass is 79.9. The van der Waals surface area contributed by atoms with Crippen molar-refractivity contribution < 1.29 is 9.47 Å². The highest BCUT2D eigenvalue weighted by Crippen LogP contribution is 2.20. The molecule has 1 aromatic carbocycles. The number of aromatic nitrogens is 1.